The molecule has 0 atom stereocenters. The van der Waals surface area contributed by atoms with Crippen LogP contribution in [-0.2, 0) is 6.54 Å². The van der Waals surface area contributed by atoms with Gasteiger partial charge in [-0.3, -0.25) is 0 Å². The van der Waals surface area contributed by atoms with Gasteiger partial charge in [-0.15, -0.1) is 0 Å². The highest BCUT2D eigenvalue weighted by Gasteiger charge is 2.07. The van der Waals surface area contributed by atoms with Crippen LogP contribution in [0.15, 0.2) is 42.5 Å². The first-order valence-electron chi connectivity index (χ1n) is 6.74. The van der Waals surface area contributed by atoms with Crippen LogP contribution in [0.3, 0.4) is 0 Å². The van der Waals surface area contributed by atoms with E-state index in [1.165, 1.54) is 12.1 Å². The molecule has 102 valence electrons. The number of hydrogen-bond acceptors (Lipinski definition) is 2. The Morgan fingerprint density at radius 1 is 1.20 bits per heavy atom. The molecule has 0 unspecified atom stereocenters. The summed E-state index contributed by atoms with van der Waals surface area (Å²) < 4.78 is 13.6. The molecule has 0 aliphatic carbocycles. The monoisotopic (exact) mass is 268 g/mol. The van der Waals surface area contributed by atoms with Gasteiger partial charge in [0.1, 0.15) is 5.82 Å². The quantitative estimate of drug-likeness (QED) is 0.836. The number of benzene rings is 2. The van der Waals surface area contributed by atoms with Crippen molar-refractivity contribution >= 4 is 0 Å². The molecule has 1 N–H and O–H groups in total. The zero-order chi connectivity index (χ0) is 14.4. The Morgan fingerprint density at radius 3 is 2.75 bits per heavy atom. The van der Waals surface area contributed by atoms with Gasteiger partial charge >= 0.3 is 0 Å². The highest BCUT2D eigenvalue weighted by molar-refractivity contribution is 5.68. The van der Waals surface area contributed by atoms with Gasteiger partial charge in [0.2, 0.25) is 0 Å². The Bertz CT molecular complexity index is 629. The lowest BCUT2D eigenvalue weighted by Gasteiger charge is -2.11. The molecule has 0 amide bonds. The lowest BCUT2D eigenvalue weighted by atomic mass is 9.98. The van der Waals surface area contributed by atoms with Crippen molar-refractivity contribution in [3.8, 4) is 17.2 Å². The summed E-state index contributed by atoms with van der Waals surface area (Å²) in [7, 11) is 0. The smallest absolute Gasteiger partial charge is 0.125 e. The Hall–Kier alpha value is -2.18. The van der Waals surface area contributed by atoms with Crippen LogP contribution in [0, 0.1) is 17.1 Å². The first-order valence-corrected chi connectivity index (χ1v) is 6.74. The number of nitrogens with zero attached hydrogens (tertiary/aromatic N) is 1. The first-order chi connectivity index (χ1) is 9.74. The van der Waals surface area contributed by atoms with E-state index in [1.807, 2.05) is 30.3 Å². The molecule has 0 aliphatic heterocycles. The fourth-order valence-corrected chi connectivity index (χ4v) is 2.17. The third-order valence-electron chi connectivity index (χ3n) is 3.10. The number of rotatable bonds is 5. The predicted molar refractivity (Wildman–Crippen MR) is 78.5 cm³/mol. The second-order valence-corrected chi connectivity index (χ2v) is 4.67. The zero-order valence-corrected chi connectivity index (χ0v) is 11.5. The normalized spacial score (nSPS) is 10.2. The third-order valence-corrected chi connectivity index (χ3v) is 3.10. The molecule has 2 rings (SSSR count). The Morgan fingerprint density at radius 2 is 2.00 bits per heavy atom. The minimum absolute atomic E-state index is 0.344. The largest absolute Gasteiger partial charge is 0.313 e. The lowest BCUT2D eigenvalue weighted by Crippen LogP contribution is -2.14. The van der Waals surface area contributed by atoms with Crippen molar-refractivity contribution in [1.29, 1.82) is 5.26 Å². The molecule has 3 heteroatoms. The van der Waals surface area contributed by atoms with Gasteiger partial charge in [-0.2, -0.15) is 5.26 Å². The van der Waals surface area contributed by atoms with Gasteiger partial charge in [0.15, 0.2) is 0 Å². The minimum Gasteiger partial charge on any atom is -0.313 e. The van der Waals surface area contributed by atoms with E-state index in [4.69, 9.17) is 5.26 Å². The van der Waals surface area contributed by atoms with E-state index >= 15 is 0 Å². The number of nitriles is 1. The molecule has 0 saturated carbocycles. The van der Waals surface area contributed by atoms with Gasteiger partial charge in [0, 0.05) is 6.54 Å². The molecule has 0 aromatic heterocycles. The van der Waals surface area contributed by atoms with Crippen LogP contribution < -0.4 is 5.32 Å². The molecular formula is C17H17FN2. The summed E-state index contributed by atoms with van der Waals surface area (Å²) in [6, 6.07) is 14.3. The van der Waals surface area contributed by atoms with Gasteiger partial charge in [-0.05, 0) is 47.9 Å². The second kappa shape index (κ2) is 6.83. The van der Waals surface area contributed by atoms with Crippen LogP contribution in [0.4, 0.5) is 4.39 Å². The van der Waals surface area contributed by atoms with Crippen molar-refractivity contribution in [3.05, 3.63) is 59.4 Å². The molecule has 0 fully saturated rings. The predicted octanol–water partition coefficient (Wildman–Crippen LogP) is 3.86. The molecule has 0 spiro atoms. The molecule has 2 aromatic rings. The number of hydrogen-bond donors (Lipinski definition) is 1. The Labute approximate surface area is 118 Å². The van der Waals surface area contributed by atoms with Crippen molar-refractivity contribution in [3.63, 3.8) is 0 Å². The lowest BCUT2D eigenvalue weighted by molar-refractivity contribution is 0.628. The van der Waals surface area contributed by atoms with Crippen LogP contribution in [0.2, 0.25) is 0 Å². The summed E-state index contributed by atoms with van der Waals surface area (Å²) in [6.07, 6.45) is 1.07. The van der Waals surface area contributed by atoms with Crippen molar-refractivity contribution in [2.45, 2.75) is 19.9 Å². The maximum atomic E-state index is 13.6. The van der Waals surface area contributed by atoms with Crippen molar-refractivity contribution < 1.29 is 4.39 Å². The number of halogens is 1. The fraction of sp³-hybridized carbons (Fsp3) is 0.235. The van der Waals surface area contributed by atoms with Gasteiger partial charge in [0.25, 0.3) is 0 Å². The van der Waals surface area contributed by atoms with Crippen molar-refractivity contribution in [2.24, 2.45) is 0 Å². The van der Waals surface area contributed by atoms with E-state index in [1.54, 1.807) is 6.07 Å². The van der Waals surface area contributed by atoms with E-state index in [9.17, 15) is 4.39 Å². The van der Waals surface area contributed by atoms with Gasteiger partial charge < -0.3 is 5.32 Å². The van der Waals surface area contributed by atoms with Crippen LogP contribution >= 0.6 is 0 Å². The molecule has 0 heterocycles. The summed E-state index contributed by atoms with van der Waals surface area (Å²) in [5.41, 5.74) is 3.16. The molecule has 0 bridgehead atoms. The maximum Gasteiger partial charge on any atom is 0.125 e. The summed E-state index contributed by atoms with van der Waals surface area (Å²) >= 11 is 0. The summed E-state index contributed by atoms with van der Waals surface area (Å²) in [4.78, 5) is 0. The highest BCUT2D eigenvalue weighted by atomic mass is 19.1. The van der Waals surface area contributed by atoms with Crippen LogP contribution in [0.5, 0.6) is 0 Å². The van der Waals surface area contributed by atoms with Crippen molar-refractivity contribution in [1.82, 2.24) is 5.32 Å². The summed E-state index contributed by atoms with van der Waals surface area (Å²) in [6.45, 7) is 3.80. The van der Waals surface area contributed by atoms with Gasteiger partial charge in [-0.25, -0.2) is 4.39 Å². The minimum atomic E-state index is -0.379. The maximum absolute atomic E-state index is 13.6. The topological polar surface area (TPSA) is 35.8 Å². The van der Waals surface area contributed by atoms with E-state index in [-0.39, 0.29) is 5.82 Å². The average Bonchev–Trinajstić information content (AvgIpc) is 2.47. The SMILES string of the molecule is CCCNCc1ccccc1-c1cc(F)cc(C#N)c1. The van der Waals surface area contributed by atoms with Crippen LogP contribution in [0.1, 0.15) is 24.5 Å². The van der Waals surface area contributed by atoms with E-state index in [0.29, 0.717) is 5.56 Å². The Balaban J connectivity index is 2.37. The van der Waals surface area contributed by atoms with Crippen molar-refractivity contribution in [2.75, 3.05) is 6.54 Å². The van der Waals surface area contributed by atoms with E-state index in [0.717, 1.165) is 36.2 Å². The van der Waals surface area contributed by atoms with Gasteiger partial charge in [-0.1, -0.05) is 31.2 Å². The molecular weight excluding hydrogens is 251 g/mol. The summed E-state index contributed by atoms with van der Waals surface area (Å²) in [5.74, 6) is -0.379. The summed E-state index contributed by atoms with van der Waals surface area (Å²) in [5, 5.41) is 12.3. The first kappa shape index (κ1) is 14.2. The standard InChI is InChI=1S/C17H17FN2/c1-2-7-20-12-14-5-3-4-6-17(14)15-8-13(11-19)9-16(18)10-15/h3-6,8-10,20H,2,7,12H2,1H3. The number of nitrogens with one attached hydrogen (secondary N) is 1. The molecule has 2 aromatic carbocycles. The molecule has 0 saturated heterocycles. The van der Waals surface area contributed by atoms with Gasteiger partial charge in [0.05, 0.1) is 11.6 Å². The van der Waals surface area contributed by atoms with E-state index < -0.39 is 0 Å². The van der Waals surface area contributed by atoms with E-state index in [2.05, 4.69) is 12.2 Å². The average molecular weight is 268 g/mol. The third kappa shape index (κ3) is 3.43. The second-order valence-electron chi connectivity index (χ2n) is 4.67. The molecule has 20 heavy (non-hydrogen) atoms. The van der Waals surface area contributed by atoms with Crippen LogP contribution in [0.25, 0.3) is 11.1 Å². The zero-order valence-electron chi connectivity index (χ0n) is 11.5. The van der Waals surface area contributed by atoms with Crippen LogP contribution in [-0.4, -0.2) is 6.54 Å². The molecule has 0 radical (unpaired) electrons. The molecule has 0 aliphatic rings. The molecule has 2 nitrogen and oxygen atoms in total. The highest BCUT2D eigenvalue weighted by Crippen LogP contribution is 2.25. The fourth-order valence-electron chi connectivity index (χ4n) is 2.17. The Kier molecular flexibility index (Phi) is 4.86.